The topological polar surface area (TPSA) is 69.7 Å². The molecule has 0 aliphatic carbocycles. The van der Waals surface area contributed by atoms with Crippen LogP contribution in [0.2, 0.25) is 0 Å². The van der Waals surface area contributed by atoms with Gasteiger partial charge >= 0.3 is 11.9 Å². The smallest absolute Gasteiger partial charge is 0.318 e. The minimum atomic E-state index is -1.20. The molecule has 5 heteroatoms. The second-order valence-electron chi connectivity index (χ2n) is 5.75. The number of carbonyl (C=O) groups excluding carboxylic acids is 3. The maximum absolute atomic E-state index is 12.8. The first-order valence-corrected chi connectivity index (χ1v) is 8.14. The Morgan fingerprint density at radius 1 is 1.00 bits per heavy atom. The van der Waals surface area contributed by atoms with E-state index in [0.29, 0.717) is 11.1 Å². The molecule has 0 unspecified atom stereocenters. The highest BCUT2D eigenvalue weighted by Gasteiger charge is 2.53. The lowest BCUT2D eigenvalue weighted by Gasteiger charge is -2.19. The summed E-state index contributed by atoms with van der Waals surface area (Å²) in [6, 6.07) is 17.4. The lowest BCUT2D eigenvalue weighted by Crippen LogP contribution is -2.33. The lowest BCUT2D eigenvalue weighted by atomic mass is 9.82. The number of Topliss-reactive ketones (excluding diaryl/α,β-unsaturated/α-hetero) is 1. The van der Waals surface area contributed by atoms with Crippen LogP contribution in [-0.2, 0) is 19.1 Å². The average molecular weight is 338 g/mol. The number of benzene rings is 2. The van der Waals surface area contributed by atoms with Crippen molar-refractivity contribution in [2.45, 2.75) is 13.0 Å². The van der Waals surface area contributed by atoms with Crippen molar-refractivity contribution in [3.8, 4) is 0 Å². The summed E-state index contributed by atoms with van der Waals surface area (Å²) in [6.07, 6.45) is -0.828. The van der Waals surface area contributed by atoms with Crippen LogP contribution < -0.4 is 0 Å². The Kier molecular flexibility index (Phi) is 4.93. The Morgan fingerprint density at radius 3 is 2.20 bits per heavy atom. The summed E-state index contributed by atoms with van der Waals surface area (Å²) in [5, 5.41) is 0. The Hall–Kier alpha value is -2.95. The fourth-order valence-corrected chi connectivity index (χ4v) is 3.06. The number of ketones is 1. The van der Waals surface area contributed by atoms with Crippen LogP contribution in [0.3, 0.4) is 0 Å². The monoisotopic (exact) mass is 338 g/mol. The standard InChI is InChI=1S/C20H18O5/c1-2-24-19(22)16-15(17(21)13-9-5-3-6-10-13)20(23)25-18(16)14-11-7-4-8-12-14/h3-12,15-16,18H,2H2,1H3/t15-,16+,18+/m1/s1. The fraction of sp³-hybridized carbons (Fsp3) is 0.250. The third kappa shape index (κ3) is 3.31. The van der Waals surface area contributed by atoms with Gasteiger partial charge < -0.3 is 9.47 Å². The molecule has 0 saturated carbocycles. The van der Waals surface area contributed by atoms with E-state index in [2.05, 4.69) is 0 Å². The molecule has 1 aliphatic rings. The number of hydrogen-bond acceptors (Lipinski definition) is 5. The van der Waals surface area contributed by atoms with Crippen LogP contribution in [0.1, 0.15) is 28.9 Å². The molecule has 1 heterocycles. The van der Waals surface area contributed by atoms with Gasteiger partial charge in [-0.15, -0.1) is 0 Å². The average Bonchev–Trinajstić information content (AvgIpc) is 3.00. The van der Waals surface area contributed by atoms with E-state index in [-0.39, 0.29) is 6.61 Å². The Balaban J connectivity index is 1.99. The third-order valence-corrected chi connectivity index (χ3v) is 4.21. The lowest BCUT2D eigenvalue weighted by molar-refractivity contribution is -0.150. The van der Waals surface area contributed by atoms with Crippen molar-refractivity contribution in [1.29, 1.82) is 0 Å². The van der Waals surface area contributed by atoms with Crippen LogP contribution in [0.4, 0.5) is 0 Å². The quantitative estimate of drug-likeness (QED) is 0.476. The van der Waals surface area contributed by atoms with Crippen molar-refractivity contribution in [1.82, 2.24) is 0 Å². The van der Waals surface area contributed by atoms with Crippen LogP contribution in [0.15, 0.2) is 60.7 Å². The van der Waals surface area contributed by atoms with Gasteiger partial charge in [0, 0.05) is 5.56 Å². The van der Waals surface area contributed by atoms with E-state index in [9.17, 15) is 14.4 Å². The molecule has 0 amide bonds. The maximum Gasteiger partial charge on any atom is 0.318 e. The van der Waals surface area contributed by atoms with E-state index in [1.165, 1.54) is 0 Å². The van der Waals surface area contributed by atoms with Crippen molar-refractivity contribution in [3.63, 3.8) is 0 Å². The molecular weight excluding hydrogens is 320 g/mol. The first kappa shape index (κ1) is 16.9. The van der Waals surface area contributed by atoms with Gasteiger partial charge in [-0.25, -0.2) is 0 Å². The number of ether oxygens (including phenoxy) is 2. The van der Waals surface area contributed by atoms with Gasteiger partial charge in [0.15, 0.2) is 5.78 Å². The van der Waals surface area contributed by atoms with Gasteiger partial charge in [-0.1, -0.05) is 60.7 Å². The van der Waals surface area contributed by atoms with Crippen LogP contribution in [0.25, 0.3) is 0 Å². The number of rotatable bonds is 5. The van der Waals surface area contributed by atoms with E-state index in [1.807, 2.05) is 6.07 Å². The Bertz CT molecular complexity index is 769. The SMILES string of the molecule is CCOC(=O)[C@H]1[C@H](C(=O)c2ccccc2)C(=O)O[C@H]1c1ccccc1. The molecular formula is C20H18O5. The zero-order chi connectivity index (χ0) is 17.8. The molecule has 2 aromatic rings. The van der Waals surface area contributed by atoms with Gasteiger partial charge in [-0.05, 0) is 12.5 Å². The molecule has 3 rings (SSSR count). The van der Waals surface area contributed by atoms with E-state index >= 15 is 0 Å². The maximum atomic E-state index is 12.8. The molecule has 3 atom stereocenters. The number of carbonyl (C=O) groups is 3. The summed E-state index contributed by atoms with van der Waals surface area (Å²) in [5.74, 6) is -3.92. The van der Waals surface area contributed by atoms with E-state index in [0.717, 1.165) is 0 Å². The van der Waals surface area contributed by atoms with Crippen LogP contribution >= 0.6 is 0 Å². The fourth-order valence-electron chi connectivity index (χ4n) is 3.06. The van der Waals surface area contributed by atoms with Crippen molar-refractivity contribution < 1.29 is 23.9 Å². The molecule has 1 fully saturated rings. The number of esters is 2. The molecule has 1 aliphatic heterocycles. The van der Waals surface area contributed by atoms with Gasteiger partial charge in [-0.2, -0.15) is 0 Å². The minimum absolute atomic E-state index is 0.164. The number of cyclic esters (lactones) is 1. The van der Waals surface area contributed by atoms with Crippen LogP contribution in [-0.4, -0.2) is 24.3 Å². The molecule has 1 saturated heterocycles. The van der Waals surface area contributed by atoms with Gasteiger partial charge in [0.2, 0.25) is 0 Å². The van der Waals surface area contributed by atoms with E-state index in [1.54, 1.807) is 61.5 Å². The molecule has 25 heavy (non-hydrogen) atoms. The molecule has 0 spiro atoms. The molecule has 0 aromatic heterocycles. The molecule has 2 aromatic carbocycles. The minimum Gasteiger partial charge on any atom is -0.466 e. The highest BCUT2D eigenvalue weighted by molar-refractivity contribution is 6.12. The molecule has 0 bridgehead atoms. The van der Waals surface area contributed by atoms with Crippen molar-refractivity contribution in [3.05, 3.63) is 71.8 Å². The zero-order valence-corrected chi connectivity index (χ0v) is 13.8. The molecule has 128 valence electrons. The van der Waals surface area contributed by atoms with Crippen molar-refractivity contribution >= 4 is 17.7 Å². The molecule has 0 N–H and O–H groups in total. The number of hydrogen-bond donors (Lipinski definition) is 0. The van der Waals surface area contributed by atoms with Gasteiger partial charge in [0.1, 0.15) is 17.9 Å². The third-order valence-electron chi connectivity index (χ3n) is 4.21. The highest BCUT2D eigenvalue weighted by atomic mass is 16.6. The second kappa shape index (κ2) is 7.30. The van der Waals surface area contributed by atoms with Gasteiger partial charge in [0.05, 0.1) is 6.61 Å². The van der Waals surface area contributed by atoms with E-state index in [4.69, 9.17) is 9.47 Å². The summed E-state index contributed by atoms with van der Waals surface area (Å²) in [4.78, 5) is 37.8. The Labute approximate surface area is 145 Å². The van der Waals surface area contributed by atoms with E-state index < -0.39 is 35.7 Å². The largest absolute Gasteiger partial charge is 0.466 e. The Morgan fingerprint density at radius 2 is 1.60 bits per heavy atom. The normalized spacial score (nSPS) is 22.3. The predicted octanol–water partition coefficient (Wildman–Crippen LogP) is 2.96. The zero-order valence-electron chi connectivity index (χ0n) is 13.8. The van der Waals surface area contributed by atoms with Gasteiger partial charge in [-0.3, -0.25) is 14.4 Å². The first-order chi connectivity index (χ1) is 12.1. The second-order valence-corrected chi connectivity index (χ2v) is 5.75. The van der Waals surface area contributed by atoms with Crippen LogP contribution in [0, 0.1) is 11.8 Å². The molecule has 5 nitrogen and oxygen atoms in total. The van der Waals surface area contributed by atoms with Crippen molar-refractivity contribution in [2.24, 2.45) is 11.8 Å². The summed E-state index contributed by atoms with van der Waals surface area (Å²) in [6.45, 7) is 1.85. The summed E-state index contributed by atoms with van der Waals surface area (Å²) in [5.41, 5.74) is 1.03. The predicted molar refractivity (Wildman–Crippen MR) is 89.7 cm³/mol. The van der Waals surface area contributed by atoms with Crippen molar-refractivity contribution in [2.75, 3.05) is 6.61 Å². The summed E-state index contributed by atoms with van der Waals surface area (Å²) in [7, 11) is 0. The highest BCUT2D eigenvalue weighted by Crippen LogP contribution is 2.41. The summed E-state index contributed by atoms with van der Waals surface area (Å²) < 4.78 is 10.5. The van der Waals surface area contributed by atoms with Crippen LogP contribution in [0.5, 0.6) is 0 Å². The van der Waals surface area contributed by atoms with Gasteiger partial charge in [0.25, 0.3) is 0 Å². The molecule has 0 radical (unpaired) electrons. The first-order valence-electron chi connectivity index (χ1n) is 8.14. The summed E-state index contributed by atoms with van der Waals surface area (Å²) >= 11 is 0.